The highest BCUT2D eigenvalue weighted by Crippen LogP contribution is 2.65. The molecule has 118 valence electrons. The molecule has 0 heterocycles. The van der Waals surface area contributed by atoms with Gasteiger partial charge in [0.15, 0.2) is 0 Å². The van der Waals surface area contributed by atoms with Crippen molar-refractivity contribution in [1.29, 1.82) is 0 Å². The summed E-state index contributed by atoms with van der Waals surface area (Å²) >= 11 is 0. The first-order chi connectivity index (χ1) is 9.97. The lowest BCUT2D eigenvalue weighted by Crippen LogP contribution is -2.57. The number of aliphatic hydroxyl groups is 1. The van der Waals surface area contributed by atoms with Crippen molar-refractivity contribution in [2.45, 2.75) is 77.7 Å². The molecule has 0 radical (unpaired) electrons. The Morgan fingerprint density at radius 2 is 1.81 bits per heavy atom. The standard InChI is InChI=1S/C19H30O2/c1-18-9-4-3-5-15(18)16(20)11-12-13-6-7-17(21)19(13,2)10-8-14(12)18/h12-16,20H,3-11H2,1-2H3/t12-,13-,14-,15?,16-,18+,19-/m0/s1. The third-order valence-electron chi connectivity index (χ3n) is 8.30. The zero-order chi connectivity index (χ0) is 14.8. The Morgan fingerprint density at radius 1 is 1.00 bits per heavy atom. The van der Waals surface area contributed by atoms with Crippen LogP contribution in [0.5, 0.6) is 0 Å². The smallest absolute Gasteiger partial charge is 0.139 e. The van der Waals surface area contributed by atoms with Crippen LogP contribution >= 0.6 is 0 Å². The molecule has 7 atom stereocenters. The molecule has 4 aliphatic rings. The van der Waals surface area contributed by atoms with Crippen LogP contribution in [0.4, 0.5) is 0 Å². The average molecular weight is 290 g/mol. The summed E-state index contributed by atoms with van der Waals surface area (Å²) in [5.41, 5.74) is 0.284. The van der Waals surface area contributed by atoms with E-state index in [4.69, 9.17) is 0 Å². The van der Waals surface area contributed by atoms with Crippen molar-refractivity contribution in [2.75, 3.05) is 0 Å². The largest absolute Gasteiger partial charge is 0.393 e. The molecule has 0 aromatic carbocycles. The molecule has 1 unspecified atom stereocenters. The fourth-order valence-corrected chi connectivity index (χ4v) is 7.13. The lowest BCUT2D eigenvalue weighted by molar-refractivity contribution is -0.159. The monoisotopic (exact) mass is 290 g/mol. The summed E-state index contributed by atoms with van der Waals surface area (Å²) in [5.74, 6) is 2.95. The Morgan fingerprint density at radius 3 is 2.62 bits per heavy atom. The predicted octanol–water partition coefficient (Wildman–Crippen LogP) is 3.96. The van der Waals surface area contributed by atoms with Gasteiger partial charge in [-0.25, -0.2) is 0 Å². The highest BCUT2D eigenvalue weighted by atomic mass is 16.3. The molecule has 4 fully saturated rings. The van der Waals surface area contributed by atoms with Crippen molar-refractivity contribution in [3.05, 3.63) is 0 Å². The van der Waals surface area contributed by atoms with Crippen LogP contribution in [-0.4, -0.2) is 17.0 Å². The molecular formula is C19H30O2. The van der Waals surface area contributed by atoms with Crippen molar-refractivity contribution >= 4 is 5.78 Å². The molecule has 21 heavy (non-hydrogen) atoms. The molecule has 2 heteroatoms. The van der Waals surface area contributed by atoms with Crippen LogP contribution in [0, 0.1) is 34.5 Å². The number of Topliss-reactive ketones (excluding diaryl/α,β-unsaturated/α-hetero) is 1. The van der Waals surface area contributed by atoms with Gasteiger partial charge < -0.3 is 5.11 Å². The van der Waals surface area contributed by atoms with E-state index < -0.39 is 0 Å². The minimum atomic E-state index is -0.116. The summed E-state index contributed by atoms with van der Waals surface area (Å²) in [7, 11) is 0. The quantitative estimate of drug-likeness (QED) is 0.733. The summed E-state index contributed by atoms with van der Waals surface area (Å²) in [6.07, 6.45) is 10.2. The highest BCUT2D eigenvalue weighted by Gasteiger charge is 2.61. The van der Waals surface area contributed by atoms with Crippen LogP contribution in [0.2, 0.25) is 0 Å². The Balaban J connectivity index is 1.69. The number of carbonyl (C=O) groups is 1. The first kappa shape index (κ1) is 14.2. The van der Waals surface area contributed by atoms with Crippen LogP contribution in [0.15, 0.2) is 0 Å². The van der Waals surface area contributed by atoms with Crippen LogP contribution in [0.1, 0.15) is 71.6 Å². The zero-order valence-electron chi connectivity index (χ0n) is 13.6. The van der Waals surface area contributed by atoms with Gasteiger partial charge in [-0.15, -0.1) is 0 Å². The summed E-state index contributed by atoms with van der Waals surface area (Å²) < 4.78 is 0. The second-order valence-corrected chi connectivity index (χ2v) is 8.96. The van der Waals surface area contributed by atoms with Gasteiger partial charge in [-0.2, -0.15) is 0 Å². The van der Waals surface area contributed by atoms with Gasteiger partial charge in [-0.1, -0.05) is 26.7 Å². The van der Waals surface area contributed by atoms with E-state index in [-0.39, 0.29) is 11.5 Å². The van der Waals surface area contributed by atoms with Gasteiger partial charge in [0.1, 0.15) is 5.78 Å². The van der Waals surface area contributed by atoms with E-state index in [1.165, 1.54) is 32.1 Å². The van der Waals surface area contributed by atoms with E-state index >= 15 is 0 Å². The Labute approximate surface area is 128 Å². The Bertz CT molecular complexity index is 458. The minimum Gasteiger partial charge on any atom is -0.393 e. The summed E-state index contributed by atoms with van der Waals surface area (Å²) in [6.45, 7) is 4.70. The van der Waals surface area contributed by atoms with Gasteiger partial charge >= 0.3 is 0 Å². The van der Waals surface area contributed by atoms with Crippen molar-refractivity contribution in [1.82, 2.24) is 0 Å². The highest BCUT2D eigenvalue weighted by molar-refractivity contribution is 5.87. The molecule has 0 amide bonds. The fourth-order valence-electron chi connectivity index (χ4n) is 7.13. The van der Waals surface area contributed by atoms with Gasteiger partial charge in [0.25, 0.3) is 0 Å². The van der Waals surface area contributed by atoms with Crippen molar-refractivity contribution in [2.24, 2.45) is 34.5 Å². The SMILES string of the molecule is C[C@]12CCCCC1[C@@H](O)C[C@@H]1[C@@H]2CC[C@]2(C)C(=O)CC[C@@H]12. The molecule has 4 rings (SSSR count). The predicted molar refractivity (Wildman–Crippen MR) is 82.7 cm³/mol. The zero-order valence-corrected chi connectivity index (χ0v) is 13.6. The van der Waals surface area contributed by atoms with Crippen LogP contribution in [-0.2, 0) is 4.79 Å². The Hall–Kier alpha value is -0.370. The van der Waals surface area contributed by atoms with Gasteiger partial charge in [-0.05, 0) is 67.6 Å². The number of ketones is 1. The molecule has 0 bridgehead atoms. The first-order valence-corrected chi connectivity index (χ1v) is 9.18. The molecule has 0 saturated heterocycles. The van der Waals surface area contributed by atoms with E-state index in [2.05, 4.69) is 13.8 Å². The van der Waals surface area contributed by atoms with Gasteiger partial charge in [0, 0.05) is 11.8 Å². The molecule has 1 N–H and O–H groups in total. The maximum atomic E-state index is 12.4. The number of aliphatic hydroxyl groups excluding tert-OH is 1. The molecule has 0 aromatic rings. The summed E-state index contributed by atoms with van der Waals surface area (Å²) in [5, 5.41) is 10.8. The summed E-state index contributed by atoms with van der Waals surface area (Å²) in [4.78, 5) is 12.4. The van der Waals surface area contributed by atoms with Crippen LogP contribution in [0.3, 0.4) is 0 Å². The molecule has 0 aromatic heterocycles. The number of hydrogen-bond acceptors (Lipinski definition) is 2. The van der Waals surface area contributed by atoms with Gasteiger partial charge in [0.05, 0.1) is 6.10 Å². The number of hydrogen-bond donors (Lipinski definition) is 1. The van der Waals surface area contributed by atoms with E-state index in [9.17, 15) is 9.90 Å². The first-order valence-electron chi connectivity index (χ1n) is 9.18. The third-order valence-corrected chi connectivity index (χ3v) is 8.30. The minimum absolute atomic E-state index is 0.0568. The topological polar surface area (TPSA) is 37.3 Å². The average Bonchev–Trinajstić information content (AvgIpc) is 2.75. The molecule has 2 nitrogen and oxygen atoms in total. The van der Waals surface area contributed by atoms with Crippen LogP contribution < -0.4 is 0 Å². The van der Waals surface area contributed by atoms with Gasteiger partial charge in [-0.3, -0.25) is 4.79 Å². The normalized spacial score (nSPS) is 56.5. The van der Waals surface area contributed by atoms with Gasteiger partial charge in [0.2, 0.25) is 0 Å². The molecular weight excluding hydrogens is 260 g/mol. The number of fused-ring (bicyclic) bond motifs is 5. The molecule has 0 aliphatic heterocycles. The number of rotatable bonds is 0. The fraction of sp³-hybridized carbons (Fsp3) is 0.947. The molecule has 0 spiro atoms. The van der Waals surface area contributed by atoms with Crippen LogP contribution in [0.25, 0.3) is 0 Å². The third kappa shape index (κ3) is 1.77. The lowest BCUT2D eigenvalue weighted by atomic mass is 9.45. The van der Waals surface area contributed by atoms with E-state index in [1.54, 1.807) is 0 Å². The molecule has 4 aliphatic carbocycles. The van der Waals surface area contributed by atoms with Crippen molar-refractivity contribution < 1.29 is 9.90 Å². The maximum absolute atomic E-state index is 12.4. The van der Waals surface area contributed by atoms with Crippen molar-refractivity contribution in [3.8, 4) is 0 Å². The second kappa shape index (κ2) is 4.57. The van der Waals surface area contributed by atoms with E-state index in [0.29, 0.717) is 29.0 Å². The number of carbonyl (C=O) groups excluding carboxylic acids is 1. The van der Waals surface area contributed by atoms with E-state index in [0.717, 1.165) is 31.6 Å². The second-order valence-electron chi connectivity index (χ2n) is 8.96. The van der Waals surface area contributed by atoms with E-state index in [1.807, 2.05) is 0 Å². The lowest BCUT2D eigenvalue weighted by Gasteiger charge is -2.60. The Kier molecular flexibility index (Phi) is 3.10. The molecule has 4 saturated carbocycles. The van der Waals surface area contributed by atoms with Crippen molar-refractivity contribution in [3.63, 3.8) is 0 Å². The maximum Gasteiger partial charge on any atom is 0.139 e. The summed E-state index contributed by atoms with van der Waals surface area (Å²) in [6, 6.07) is 0.